The third-order valence-electron chi connectivity index (χ3n) is 4.28. The smallest absolute Gasteiger partial charge is 0.341 e. The van der Waals surface area contributed by atoms with Crippen LogP contribution in [0.1, 0.15) is 73.7 Å². The number of aryl methyl sites for hydroxylation is 1. The van der Waals surface area contributed by atoms with Crippen molar-refractivity contribution in [3.8, 4) is 0 Å². The first-order chi connectivity index (χ1) is 11.4. The van der Waals surface area contributed by atoms with Crippen molar-refractivity contribution in [3.63, 3.8) is 0 Å². The minimum Gasteiger partial charge on any atom is -0.459 e. The highest BCUT2D eigenvalue weighted by molar-refractivity contribution is 7.16. The molecule has 24 heavy (non-hydrogen) atoms. The first-order valence-corrected chi connectivity index (χ1v) is 9.64. The number of amides is 2. The van der Waals surface area contributed by atoms with Gasteiger partial charge in [-0.2, -0.15) is 0 Å². The van der Waals surface area contributed by atoms with Crippen molar-refractivity contribution in [3.05, 3.63) is 16.0 Å². The molecule has 0 bridgehead atoms. The summed E-state index contributed by atoms with van der Waals surface area (Å²) in [5, 5.41) is 6.49. The molecule has 0 unspecified atom stereocenters. The Morgan fingerprint density at radius 2 is 1.92 bits per heavy atom. The van der Waals surface area contributed by atoms with Crippen LogP contribution in [0, 0.1) is 6.92 Å². The summed E-state index contributed by atoms with van der Waals surface area (Å²) in [6.45, 7) is 7.63. The summed E-state index contributed by atoms with van der Waals surface area (Å²) < 4.78 is 5.36. The summed E-state index contributed by atoms with van der Waals surface area (Å²) in [6.07, 6.45) is 6.17. The maximum atomic E-state index is 12.5. The second-order valence-corrected chi connectivity index (χ2v) is 7.81. The summed E-state index contributed by atoms with van der Waals surface area (Å²) in [5.74, 6) is -0.362. The lowest BCUT2D eigenvalue weighted by Gasteiger charge is -2.22. The zero-order valence-corrected chi connectivity index (χ0v) is 15.8. The molecule has 1 aromatic heterocycles. The number of nitrogens with one attached hydrogen (secondary N) is 2. The molecule has 2 amide bonds. The highest BCUT2D eigenvalue weighted by Gasteiger charge is 2.25. The summed E-state index contributed by atoms with van der Waals surface area (Å²) in [4.78, 5) is 25.8. The van der Waals surface area contributed by atoms with Crippen LogP contribution in [-0.2, 0) is 11.2 Å². The van der Waals surface area contributed by atoms with E-state index in [1.807, 2.05) is 27.7 Å². The Kier molecular flexibility index (Phi) is 6.66. The molecule has 2 rings (SSSR count). The number of carbonyl (C=O) groups is 2. The van der Waals surface area contributed by atoms with Crippen molar-refractivity contribution >= 4 is 28.3 Å². The van der Waals surface area contributed by atoms with Crippen LogP contribution in [0.15, 0.2) is 0 Å². The summed E-state index contributed by atoms with van der Waals surface area (Å²) in [7, 11) is 0. The number of anilines is 1. The van der Waals surface area contributed by atoms with Gasteiger partial charge in [0.05, 0.1) is 11.7 Å². The molecule has 134 valence electrons. The molecule has 1 aliphatic carbocycles. The van der Waals surface area contributed by atoms with Crippen molar-refractivity contribution in [1.82, 2.24) is 5.32 Å². The lowest BCUT2D eigenvalue weighted by atomic mass is 9.96. The average molecular weight is 353 g/mol. The van der Waals surface area contributed by atoms with E-state index in [9.17, 15) is 9.59 Å². The first kappa shape index (κ1) is 18.8. The Bertz CT molecular complexity index is 589. The maximum absolute atomic E-state index is 12.5. The number of thiophene rings is 1. The van der Waals surface area contributed by atoms with Gasteiger partial charge in [0.15, 0.2) is 0 Å². The van der Waals surface area contributed by atoms with Crippen molar-refractivity contribution in [1.29, 1.82) is 0 Å². The molecule has 0 radical (unpaired) electrons. The fourth-order valence-corrected chi connectivity index (χ4v) is 4.28. The molecule has 1 fully saturated rings. The Balaban J connectivity index is 2.13. The van der Waals surface area contributed by atoms with Gasteiger partial charge < -0.3 is 10.1 Å². The molecule has 0 aliphatic heterocycles. The SMILES string of the molecule is CCc1c(C)sc(NC(=O)NC2CCCCC2)c1C(=O)OC(C)C. The summed E-state index contributed by atoms with van der Waals surface area (Å²) in [5.41, 5.74) is 1.46. The minimum atomic E-state index is -0.362. The third-order valence-corrected chi connectivity index (χ3v) is 5.34. The van der Waals surface area contributed by atoms with Crippen LogP contribution in [0.4, 0.5) is 9.80 Å². The second-order valence-electron chi connectivity index (χ2n) is 6.58. The van der Waals surface area contributed by atoms with Gasteiger partial charge >= 0.3 is 12.0 Å². The number of rotatable bonds is 5. The molecule has 1 aliphatic rings. The summed E-state index contributed by atoms with van der Waals surface area (Å²) >= 11 is 1.44. The Labute approximate surface area is 148 Å². The molecular formula is C18H28N2O3S. The zero-order chi connectivity index (χ0) is 17.7. The van der Waals surface area contributed by atoms with Crippen molar-refractivity contribution in [2.24, 2.45) is 0 Å². The number of hydrogen-bond donors (Lipinski definition) is 2. The largest absolute Gasteiger partial charge is 0.459 e. The van der Waals surface area contributed by atoms with Crippen LogP contribution < -0.4 is 10.6 Å². The molecule has 0 aromatic carbocycles. The summed E-state index contributed by atoms with van der Waals surface area (Å²) in [6, 6.07) is 0.000852. The van der Waals surface area contributed by atoms with Crippen molar-refractivity contribution in [2.45, 2.75) is 78.4 Å². The highest BCUT2D eigenvalue weighted by Crippen LogP contribution is 2.34. The molecule has 1 heterocycles. The van der Waals surface area contributed by atoms with Gasteiger partial charge in [-0.3, -0.25) is 5.32 Å². The zero-order valence-electron chi connectivity index (χ0n) is 15.0. The fourth-order valence-electron chi connectivity index (χ4n) is 3.15. The van der Waals surface area contributed by atoms with E-state index in [1.165, 1.54) is 17.8 Å². The standard InChI is InChI=1S/C18H28N2O3S/c1-5-14-12(4)24-16(15(14)17(21)23-11(2)3)20-18(22)19-13-9-7-6-8-10-13/h11,13H,5-10H2,1-4H3,(H2,19,20,22). The van der Waals surface area contributed by atoms with Crippen molar-refractivity contribution in [2.75, 3.05) is 5.32 Å². The van der Waals surface area contributed by atoms with E-state index in [0.717, 1.165) is 42.5 Å². The van der Waals surface area contributed by atoms with Gasteiger partial charge in [0.1, 0.15) is 5.00 Å². The molecule has 2 N–H and O–H groups in total. The van der Waals surface area contributed by atoms with Crippen LogP contribution in [0.25, 0.3) is 0 Å². The van der Waals surface area contributed by atoms with Crippen LogP contribution >= 0.6 is 11.3 Å². The molecule has 1 aromatic rings. The molecule has 0 spiro atoms. The van der Waals surface area contributed by atoms with Gasteiger partial charge in [0.2, 0.25) is 0 Å². The number of urea groups is 1. The number of ether oxygens (including phenoxy) is 1. The van der Waals surface area contributed by atoms with Crippen LogP contribution in [0.5, 0.6) is 0 Å². The molecule has 0 saturated heterocycles. The lowest BCUT2D eigenvalue weighted by molar-refractivity contribution is 0.0378. The third kappa shape index (κ3) is 4.72. The van der Waals surface area contributed by atoms with E-state index in [1.54, 1.807) is 0 Å². The fraction of sp³-hybridized carbons (Fsp3) is 0.667. The predicted molar refractivity (Wildman–Crippen MR) is 98.0 cm³/mol. The number of carbonyl (C=O) groups excluding carboxylic acids is 2. The van der Waals surface area contributed by atoms with E-state index >= 15 is 0 Å². The molecule has 0 atom stereocenters. The maximum Gasteiger partial charge on any atom is 0.341 e. The van der Waals surface area contributed by atoms with E-state index in [0.29, 0.717) is 10.6 Å². The van der Waals surface area contributed by atoms with E-state index in [4.69, 9.17) is 4.74 Å². The molecule has 5 nitrogen and oxygen atoms in total. The number of esters is 1. The second kappa shape index (κ2) is 8.51. The van der Waals surface area contributed by atoms with Gasteiger partial charge in [-0.1, -0.05) is 26.2 Å². The molecule has 6 heteroatoms. The van der Waals surface area contributed by atoms with Crippen molar-refractivity contribution < 1.29 is 14.3 Å². The van der Waals surface area contributed by atoms with Gasteiger partial charge in [0.25, 0.3) is 0 Å². The van der Waals surface area contributed by atoms with Crippen LogP contribution in [-0.4, -0.2) is 24.1 Å². The number of hydrogen-bond acceptors (Lipinski definition) is 4. The molecular weight excluding hydrogens is 324 g/mol. The quantitative estimate of drug-likeness (QED) is 0.759. The Morgan fingerprint density at radius 1 is 1.25 bits per heavy atom. The van der Waals surface area contributed by atoms with Gasteiger partial charge in [-0.25, -0.2) is 9.59 Å². The monoisotopic (exact) mass is 352 g/mol. The van der Waals surface area contributed by atoms with E-state index < -0.39 is 0 Å². The predicted octanol–water partition coefficient (Wildman–Crippen LogP) is 4.64. The van der Waals surface area contributed by atoms with E-state index in [2.05, 4.69) is 10.6 Å². The average Bonchev–Trinajstić information content (AvgIpc) is 2.82. The van der Waals surface area contributed by atoms with Gasteiger partial charge in [-0.15, -0.1) is 11.3 Å². The van der Waals surface area contributed by atoms with Gasteiger partial charge in [0, 0.05) is 10.9 Å². The Hall–Kier alpha value is -1.56. The topological polar surface area (TPSA) is 67.4 Å². The minimum absolute atomic E-state index is 0.189. The normalized spacial score (nSPS) is 15.4. The molecule has 1 saturated carbocycles. The Morgan fingerprint density at radius 3 is 2.50 bits per heavy atom. The van der Waals surface area contributed by atoms with Crippen LogP contribution in [0.3, 0.4) is 0 Å². The lowest BCUT2D eigenvalue weighted by Crippen LogP contribution is -2.39. The first-order valence-electron chi connectivity index (χ1n) is 8.83. The van der Waals surface area contributed by atoms with E-state index in [-0.39, 0.29) is 24.1 Å². The highest BCUT2D eigenvalue weighted by atomic mass is 32.1. The van der Waals surface area contributed by atoms with Gasteiger partial charge in [-0.05, 0) is 45.6 Å². The van der Waals surface area contributed by atoms with Crippen LogP contribution in [0.2, 0.25) is 0 Å².